The molecular weight excluding hydrogens is 390 g/mol. The van der Waals surface area contributed by atoms with Crippen molar-refractivity contribution in [1.29, 1.82) is 0 Å². The van der Waals surface area contributed by atoms with Crippen LogP contribution >= 0.6 is 0 Å². The van der Waals surface area contributed by atoms with Gasteiger partial charge in [-0.2, -0.15) is 5.10 Å². The lowest BCUT2D eigenvalue weighted by molar-refractivity contribution is 0.473. The van der Waals surface area contributed by atoms with E-state index in [4.69, 9.17) is 0 Å². The van der Waals surface area contributed by atoms with Gasteiger partial charge in [0.1, 0.15) is 11.4 Å². The van der Waals surface area contributed by atoms with E-state index in [0.29, 0.717) is 5.65 Å². The van der Waals surface area contributed by atoms with Crippen molar-refractivity contribution in [2.75, 3.05) is 0 Å². The highest BCUT2D eigenvalue weighted by Gasteiger charge is 2.15. The van der Waals surface area contributed by atoms with Crippen LogP contribution in [0, 0.1) is 0 Å². The van der Waals surface area contributed by atoms with Crippen LogP contribution in [0.15, 0.2) is 73.6 Å². The maximum absolute atomic E-state index is 9.76. The quantitative estimate of drug-likeness (QED) is 0.403. The molecular formula is C23H15N7O. The van der Waals surface area contributed by atoms with Crippen LogP contribution in [0.25, 0.3) is 55.7 Å². The number of fused-ring (bicyclic) bond motifs is 2. The zero-order chi connectivity index (χ0) is 20.8. The summed E-state index contributed by atoms with van der Waals surface area (Å²) >= 11 is 0. The molecule has 0 aliphatic heterocycles. The van der Waals surface area contributed by atoms with Crippen molar-refractivity contribution in [3.05, 3.63) is 73.6 Å². The molecule has 0 saturated heterocycles. The Balaban J connectivity index is 1.51. The summed E-state index contributed by atoms with van der Waals surface area (Å²) in [6.07, 6.45) is 10.2. The highest BCUT2D eigenvalue weighted by atomic mass is 16.3. The molecule has 3 N–H and O–H groups in total. The van der Waals surface area contributed by atoms with Gasteiger partial charge in [0, 0.05) is 52.9 Å². The van der Waals surface area contributed by atoms with Gasteiger partial charge in [-0.1, -0.05) is 0 Å². The molecule has 148 valence electrons. The van der Waals surface area contributed by atoms with Crippen molar-refractivity contribution >= 4 is 22.1 Å². The predicted octanol–water partition coefficient (Wildman–Crippen LogP) is 4.33. The maximum Gasteiger partial charge on any atom is 0.181 e. The SMILES string of the molecule is Oc1cncc(-c2cnc3n[nH]c(-c4cc5c(-c6ccncc6)ccnc5[nH]4)c3c2)c1. The number of rotatable bonds is 3. The third-order valence-electron chi connectivity index (χ3n) is 5.26. The summed E-state index contributed by atoms with van der Waals surface area (Å²) in [5.41, 5.74) is 6.83. The summed E-state index contributed by atoms with van der Waals surface area (Å²) in [4.78, 5) is 20.5. The lowest BCUT2D eigenvalue weighted by Gasteiger charge is -2.02. The highest BCUT2D eigenvalue weighted by molar-refractivity contribution is 5.99. The van der Waals surface area contributed by atoms with Crippen LogP contribution in [0.5, 0.6) is 5.75 Å². The molecule has 6 rings (SSSR count). The molecule has 0 fully saturated rings. The van der Waals surface area contributed by atoms with Gasteiger partial charge >= 0.3 is 0 Å². The second-order valence-electron chi connectivity index (χ2n) is 7.17. The van der Waals surface area contributed by atoms with Gasteiger partial charge in [0.15, 0.2) is 5.65 Å². The third kappa shape index (κ3) is 2.89. The van der Waals surface area contributed by atoms with E-state index in [1.165, 1.54) is 6.20 Å². The Morgan fingerprint density at radius 1 is 0.742 bits per heavy atom. The van der Waals surface area contributed by atoms with Crippen LogP contribution in [0.3, 0.4) is 0 Å². The Morgan fingerprint density at radius 2 is 1.61 bits per heavy atom. The molecule has 8 heteroatoms. The molecule has 0 atom stereocenters. The first-order valence-corrected chi connectivity index (χ1v) is 9.63. The van der Waals surface area contributed by atoms with Crippen LogP contribution < -0.4 is 0 Å². The van der Waals surface area contributed by atoms with Gasteiger partial charge in [0.05, 0.1) is 17.6 Å². The van der Waals surface area contributed by atoms with Gasteiger partial charge in [-0.3, -0.25) is 15.1 Å². The number of hydrogen-bond donors (Lipinski definition) is 3. The average Bonchev–Trinajstić information content (AvgIpc) is 3.43. The molecule has 0 spiro atoms. The molecule has 6 aromatic heterocycles. The summed E-state index contributed by atoms with van der Waals surface area (Å²) in [6.45, 7) is 0. The lowest BCUT2D eigenvalue weighted by Crippen LogP contribution is -1.84. The van der Waals surface area contributed by atoms with Crippen molar-refractivity contribution < 1.29 is 5.11 Å². The monoisotopic (exact) mass is 405 g/mol. The molecule has 0 bridgehead atoms. The van der Waals surface area contributed by atoms with E-state index >= 15 is 0 Å². The van der Waals surface area contributed by atoms with Crippen molar-refractivity contribution in [1.82, 2.24) is 35.1 Å². The smallest absolute Gasteiger partial charge is 0.181 e. The van der Waals surface area contributed by atoms with E-state index in [9.17, 15) is 5.11 Å². The number of nitrogens with zero attached hydrogens (tertiary/aromatic N) is 5. The van der Waals surface area contributed by atoms with Crippen LogP contribution in [-0.2, 0) is 0 Å². The number of aromatic amines is 2. The zero-order valence-electron chi connectivity index (χ0n) is 16.1. The van der Waals surface area contributed by atoms with E-state index < -0.39 is 0 Å². The summed E-state index contributed by atoms with van der Waals surface area (Å²) in [6, 6.07) is 11.7. The summed E-state index contributed by atoms with van der Waals surface area (Å²) in [7, 11) is 0. The topological polar surface area (TPSA) is 116 Å². The molecule has 0 unspecified atom stereocenters. The number of nitrogens with one attached hydrogen (secondary N) is 2. The first-order valence-electron chi connectivity index (χ1n) is 9.63. The Hall–Kier alpha value is -4.59. The van der Waals surface area contributed by atoms with Gasteiger partial charge < -0.3 is 10.1 Å². The van der Waals surface area contributed by atoms with Crippen LogP contribution in [0.2, 0.25) is 0 Å². The van der Waals surface area contributed by atoms with Gasteiger partial charge in [-0.05, 0) is 47.5 Å². The van der Waals surface area contributed by atoms with E-state index in [1.807, 2.05) is 24.3 Å². The van der Waals surface area contributed by atoms with E-state index in [1.54, 1.807) is 37.1 Å². The minimum absolute atomic E-state index is 0.107. The fraction of sp³-hybridized carbons (Fsp3) is 0. The number of aromatic hydroxyl groups is 1. The Morgan fingerprint density at radius 3 is 2.48 bits per heavy atom. The molecule has 0 radical (unpaired) electrons. The number of aromatic nitrogens is 7. The molecule has 0 aromatic carbocycles. The highest BCUT2D eigenvalue weighted by Crippen LogP contribution is 2.34. The Kier molecular flexibility index (Phi) is 3.76. The second-order valence-corrected chi connectivity index (χ2v) is 7.17. The average molecular weight is 405 g/mol. The van der Waals surface area contributed by atoms with Gasteiger partial charge in [-0.15, -0.1) is 0 Å². The molecule has 0 amide bonds. The van der Waals surface area contributed by atoms with Crippen molar-refractivity contribution in [2.45, 2.75) is 0 Å². The zero-order valence-corrected chi connectivity index (χ0v) is 16.1. The standard InChI is InChI=1S/C23H15N7O/c31-16-7-14(10-25-12-16)15-8-19-21(29-30-23(19)27-11-15)20-9-18-17(3-6-26-22(18)28-20)13-1-4-24-5-2-13/h1-12,31H,(H,26,28)(H,27,29,30). The minimum atomic E-state index is 0.107. The molecule has 6 aromatic rings. The normalized spacial score (nSPS) is 11.4. The molecule has 6 heterocycles. The van der Waals surface area contributed by atoms with Crippen LogP contribution in [0.1, 0.15) is 0 Å². The largest absolute Gasteiger partial charge is 0.506 e. The number of H-pyrrole nitrogens is 2. The fourth-order valence-electron chi connectivity index (χ4n) is 3.79. The van der Waals surface area contributed by atoms with Crippen molar-refractivity contribution in [2.24, 2.45) is 0 Å². The van der Waals surface area contributed by atoms with Crippen molar-refractivity contribution in [3.8, 4) is 39.4 Å². The molecule has 8 nitrogen and oxygen atoms in total. The lowest BCUT2D eigenvalue weighted by atomic mass is 10.0. The molecule has 0 aliphatic carbocycles. The van der Waals surface area contributed by atoms with Crippen LogP contribution in [0.4, 0.5) is 0 Å². The van der Waals surface area contributed by atoms with Gasteiger partial charge in [-0.25, -0.2) is 9.97 Å². The molecule has 0 aliphatic rings. The summed E-state index contributed by atoms with van der Waals surface area (Å²) in [5.74, 6) is 0.107. The number of pyridine rings is 4. The molecule has 31 heavy (non-hydrogen) atoms. The second kappa shape index (κ2) is 6.74. The first kappa shape index (κ1) is 17.3. The van der Waals surface area contributed by atoms with E-state index in [-0.39, 0.29) is 5.75 Å². The van der Waals surface area contributed by atoms with E-state index in [0.717, 1.165) is 50.1 Å². The predicted molar refractivity (Wildman–Crippen MR) is 117 cm³/mol. The number of hydrogen-bond acceptors (Lipinski definition) is 6. The first-order chi connectivity index (χ1) is 15.3. The Bertz CT molecular complexity index is 1550. The summed E-state index contributed by atoms with van der Waals surface area (Å²) < 4.78 is 0. The Labute approximate surface area is 175 Å². The van der Waals surface area contributed by atoms with Gasteiger partial charge in [0.2, 0.25) is 0 Å². The third-order valence-corrected chi connectivity index (χ3v) is 5.26. The minimum Gasteiger partial charge on any atom is -0.506 e. The van der Waals surface area contributed by atoms with Crippen LogP contribution in [-0.4, -0.2) is 40.2 Å². The van der Waals surface area contributed by atoms with Crippen molar-refractivity contribution in [3.63, 3.8) is 0 Å². The fourth-order valence-corrected chi connectivity index (χ4v) is 3.79. The molecule has 0 saturated carbocycles. The van der Waals surface area contributed by atoms with E-state index in [2.05, 4.69) is 41.2 Å². The summed E-state index contributed by atoms with van der Waals surface area (Å²) in [5, 5.41) is 19.1. The maximum atomic E-state index is 9.76. The van der Waals surface area contributed by atoms with Gasteiger partial charge in [0.25, 0.3) is 0 Å².